The van der Waals surface area contributed by atoms with Crippen LogP contribution in [0.15, 0.2) is 6.20 Å². The number of urea groups is 1. The Morgan fingerprint density at radius 2 is 2.07 bits per heavy atom. The average Bonchev–Trinajstić information content (AvgIpc) is 3.38. The van der Waals surface area contributed by atoms with Crippen molar-refractivity contribution < 1.29 is 14.3 Å². The fraction of sp³-hybridized carbons (Fsp3) is 0.682. The Kier molecular flexibility index (Phi) is 5.54. The van der Waals surface area contributed by atoms with Crippen molar-refractivity contribution in [2.24, 2.45) is 5.41 Å². The number of amides is 2. The molecule has 162 valence electrons. The molecule has 0 aromatic carbocycles. The molecule has 1 aliphatic carbocycles. The zero-order chi connectivity index (χ0) is 20.6. The van der Waals surface area contributed by atoms with Gasteiger partial charge in [-0.05, 0) is 49.0 Å². The molecule has 1 spiro atoms. The number of aromatic nitrogens is 2. The number of fused-ring (bicyclic) bond motifs is 1. The summed E-state index contributed by atoms with van der Waals surface area (Å²) in [6, 6.07) is -0.0523. The van der Waals surface area contributed by atoms with Gasteiger partial charge in [0.05, 0.1) is 11.8 Å². The lowest BCUT2D eigenvalue weighted by atomic mass is 9.80. The van der Waals surface area contributed by atoms with Gasteiger partial charge in [0.15, 0.2) is 5.13 Å². The van der Waals surface area contributed by atoms with Crippen molar-refractivity contribution >= 4 is 32.7 Å². The molecule has 2 amide bonds. The van der Waals surface area contributed by atoms with Crippen LogP contribution in [0, 0.1) is 5.41 Å². The van der Waals surface area contributed by atoms with Crippen LogP contribution in [-0.4, -0.2) is 54.3 Å². The van der Waals surface area contributed by atoms with E-state index in [4.69, 9.17) is 14.5 Å². The van der Waals surface area contributed by atoms with E-state index in [2.05, 4.69) is 10.3 Å². The van der Waals surface area contributed by atoms with Crippen LogP contribution in [-0.2, 0) is 4.74 Å². The van der Waals surface area contributed by atoms with Crippen LogP contribution >= 0.6 is 11.3 Å². The molecule has 0 unspecified atom stereocenters. The number of rotatable bonds is 3. The van der Waals surface area contributed by atoms with Crippen molar-refractivity contribution in [2.75, 3.05) is 38.7 Å². The summed E-state index contributed by atoms with van der Waals surface area (Å²) in [5.74, 6) is 1.05. The second-order valence-corrected chi connectivity index (χ2v) is 9.97. The third-order valence-electron chi connectivity index (χ3n) is 7.14. The van der Waals surface area contributed by atoms with Crippen LogP contribution in [0.2, 0.25) is 0 Å². The minimum atomic E-state index is -0.0523. The molecule has 30 heavy (non-hydrogen) atoms. The summed E-state index contributed by atoms with van der Waals surface area (Å²) >= 11 is 1.55. The average molecular weight is 431 g/mol. The summed E-state index contributed by atoms with van der Waals surface area (Å²) in [5, 5.41) is 3.69. The SMILES string of the molecule is COc1ncc(C2CCCCC2)c2sc(NC(=O)N3CCC4(CCOCC4)C3)nc12. The summed E-state index contributed by atoms with van der Waals surface area (Å²) in [6.07, 6.45) is 11.4. The Hall–Kier alpha value is -1.93. The maximum absolute atomic E-state index is 13.0. The summed E-state index contributed by atoms with van der Waals surface area (Å²) in [5.41, 5.74) is 2.26. The second-order valence-electron chi connectivity index (χ2n) is 8.97. The smallest absolute Gasteiger partial charge is 0.323 e. The molecule has 2 aromatic heterocycles. The number of anilines is 1. The van der Waals surface area contributed by atoms with E-state index in [1.807, 2.05) is 11.1 Å². The molecule has 8 heteroatoms. The largest absolute Gasteiger partial charge is 0.479 e. The predicted molar refractivity (Wildman–Crippen MR) is 117 cm³/mol. The molecule has 3 aliphatic rings. The summed E-state index contributed by atoms with van der Waals surface area (Å²) in [6.45, 7) is 3.23. The van der Waals surface area contributed by atoms with Crippen LogP contribution < -0.4 is 10.1 Å². The molecular weight excluding hydrogens is 400 g/mol. The molecule has 1 N–H and O–H groups in total. The lowest BCUT2D eigenvalue weighted by Crippen LogP contribution is -2.37. The first-order valence-corrected chi connectivity index (χ1v) is 12.0. The van der Waals surface area contributed by atoms with E-state index in [1.54, 1.807) is 18.4 Å². The van der Waals surface area contributed by atoms with Gasteiger partial charge in [0.25, 0.3) is 0 Å². The van der Waals surface area contributed by atoms with Gasteiger partial charge in [-0.25, -0.2) is 14.8 Å². The first-order valence-electron chi connectivity index (χ1n) is 11.1. The molecule has 2 saturated heterocycles. The van der Waals surface area contributed by atoms with Crippen LogP contribution in [0.4, 0.5) is 9.93 Å². The van der Waals surface area contributed by atoms with Crippen molar-refractivity contribution in [3.8, 4) is 5.88 Å². The monoisotopic (exact) mass is 430 g/mol. The van der Waals surface area contributed by atoms with Crippen molar-refractivity contribution in [1.82, 2.24) is 14.9 Å². The first-order chi connectivity index (χ1) is 14.7. The maximum atomic E-state index is 13.0. The number of likely N-dealkylation sites (tertiary alicyclic amines) is 1. The number of nitrogens with zero attached hydrogens (tertiary/aromatic N) is 3. The van der Waals surface area contributed by atoms with Gasteiger partial charge < -0.3 is 14.4 Å². The molecule has 7 nitrogen and oxygen atoms in total. The van der Waals surface area contributed by atoms with Gasteiger partial charge in [-0.15, -0.1) is 0 Å². The molecule has 4 heterocycles. The Balaban J connectivity index is 1.36. The van der Waals surface area contributed by atoms with E-state index in [-0.39, 0.29) is 11.4 Å². The Morgan fingerprint density at radius 3 is 2.83 bits per heavy atom. The molecule has 0 bridgehead atoms. The van der Waals surface area contributed by atoms with Gasteiger partial charge in [-0.1, -0.05) is 30.6 Å². The van der Waals surface area contributed by atoms with Crippen LogP contribution in [0.5, 0.6) is 5.88 Å². The fourth-order valence-electron chi connectivity index (χ4n) is 5.31. The zero-order valence-electron chi connectivity index (χ0n) is 17.6. The zero-order valence-corrected chi connectivity index (χ0v) is 18.4. The molecule has 2 aromatic rings. The van der Waals surface area contributed by atoms with Crippen molar-refractivity contribution in [3.05, 3.63) is 11.8 Å². The highest BCUT2D eigenvalue weighted by atomic mass is 32.1. The molecule has 2 aliphatic heterocycles. The number of carbonyl (C=O) groups is 1. The van der Waals surface area contributed by atoms with Gasteiger partial charge >= 0.3 is 6.03 Å². The number of ether oxygens (including phenoxy) is 2. The molecule has 1 saturated carbocycles. The van der Waals surface area contributed by atoms with Gasteiger partial charge in [-0.2, -0.15) is 0 Å². The summed E-state index contributed by atoms with van der Waals surface area (Å²) in [7, 11) is 1.62. The topological polar surface area (TPSA) is 76.6 Å². The lowest BCUT2D eigenvalue weighted by Gasteiger charge is -2.33. The third-order valence-corrected chi connectivity index (χ3v) is 8.16. The number of thiazole rings is 1. The van der Waals surface area contributed by atoms with Gasteiger partial charge in [-0.3, -0.25) is 5.32 Å². The number of hydrogen-bond acceptors (Lipinski definition) is 6. The molecule has 0 atom stereocenters. The lowest BCUT2D eigenvalue weighted by molar-refractivity contribution is 0.0211. The predicted octanol–water partition coefficient (Wildman–Crippen LogP) is 4.78. The third kappa shape index (κ3) is 3.75. The number of carbonyl (C=O) groups excluding carboxylic acids is 1. The van der Waals surface area contributed by atoms with Gasteiger partial charge in [0, 0.05) is 32.5 Å². The van der Waals surface area contributed by atoms with E-state index in [9.17, 15) is 4.79 Å². The normalized spacial score (nSPS) is 22.0. The van der Waals surface area contributed by atoms with Crippen LogP contribution in [0.1, 0.15) is 62.8 Å². The standard InChI is InChI=1S/C22H30N4O3S/c1-28-19-17-18(16(13-23-19)15-5-3-2-4-6-15)30-20(24-17)25-21(27)26-10-7-22(14-26)8-11-29-12-9-22/h13,15H,2-12,14H2,1H3,(H,24,25,27). The van der Waals surface area contributed by atoms with Crippen molar-refractivity contribution in [1.29, 1.82) is 0 Å². The Bertz CT molecular complexity index is 918. The number of nitrogens with one attached hydrogen (secondary N) is 1. The second kappa shape index (κ2) is 8.30. The minimum Gasteiger partial charge on any atom is -0.479 e. The fourth-order valence-corrected chi connectivity index (χ4v) is 6.34. The summed E-state index contributed by atoms with van der Waals surface area (Å²) in [4.78, 5) is 24.1. The summed E-state index contributed by atoms with van der Waals surface area (Å²) < 4.78 is 12.1. The Labute approximate surface area is 181 Å². The number of hydrogen-bond donors (Lipinski definition) is 1. The molecule has 3 fully saturated rings. The van der Waals surface area contributed by atoms with Crippen LogP contribution in [0.3, 0.4) is 0 Å². The number of pyridine rings is 1. The highest BCUT2D eigenvalue weighted by molar-refractivity contribution is 7.22. The van der Waals surface area contributed by atoms with Gasteiger partial charge in [0.2, 0.25) is 5.88 Å². The quantitative estimate of drug-likeness (QED) is 0.758. The maximum Gasteiger partial charge on any atom is 0.323 e. The van der Waals surface area contributed by atoms with E-state index in [0.29, 0.717) is 16.9 Å². The van der Waals surface area contributed by atoms with Crippen LogP contribution in [0.25, 0.3) is 10.2 Å². The molecule has 0 radical (unpaired) electrons. The van der Waals surface area contributed by atoms with E-state index < -0.39 is 0 Å². The van der Waals surface area contributed by atoms with E-state index in [0.717, 1.165) is 55.8 Å². The van der Waals surface area contributed by atoms with E-state index in [1.165, 1.54) is 37.7 Å². The minimum absolute atomic E-state index is 0.0523. The molecular formula is C22H30N4O3S. The van der Waals surface area contributed by atoms with E-state index >= 15 is 0 Å². The Morgan fingerprint density at radius 1 is 1.27 bits per heavy atom. The van der Waals surface area contributed by atoms with Crippen molar-refractivity contribution in [3.63, 3.8) is 0 Å². The highest BCUT2D eigenvalue weighted by Gasteiger charge is 2.41. The van der Waals surface area contributed by atoms with Gasteiger partial charge in [0.1, 0.15) is 5.52 Å². The van der Waals surface area contributed by atoms with Crippen molar-refractivity contribution in [2.45, 2.75) is 57.3 Å². The molecule has 5 rings (SSSR count). The first kappa shape index (κ1) is 20.0. The highest BCUT2D eigenvalue weighted by Crippen LogP contribution is 2.42. The number of methoxy groups -OCH3 is 1.